The predicted molar refractivity (Wildman–Crippen MR) is 80.2 cm³/mol. The van der Waals surface area contributed by atoms with Crippen molar-refractivity contribution < 1.29 is 19.0 Å². The van der Waals surface area contributed by atoms with Gasteiger partial charge in [-0.05, 0) is 36.4 Å². The highest BCUT2D eigenvalue weighted by atomic mass is 35.5. The zero-order chi connectivity index (χ0) is 15.1. The first kappa shape index (κ1) is 15.2. The first-order valence-corrected chi connectivity index (χ1v) is 6.79. The van der Waals surface area contributed by atoms with E-state index in [0.29, 0.717) is 22.3 Å². The minimum absolute atomic E-state index is 0.140. The van der Waals surface area contributed by atoms with Crippen molar-refractivity contribution in [2.45, 2.75) is 6.42 Å². The molecule has 0 radical (unpaired) electrons. The molecule has 0 aliphatic heterocycles. The maximum Gasteiger partial charge on any atom is 0.314 e. The Bertz CT molecular complexity index is 595. The Morgan fingerprint density at radius 2 is 1.71 bits per heavy atom. The Labute approximate surface area is 128 Å². The first-order chi connectivity index (χ1) is 10.2. The summed E-state index contributed by atoms with van der Waals surface area (Å²) in [5, 5.41) is 0.637. The maximum absolute atomic E-state index is 11.7. The minimum atomic E-state index is -0.381. The summed E-state index contributed by atoms with van der Waals surface area (Å²) >= 11 is 5.77. The molecule has 0 N–H and O–H groups in total. The molecule has 0 saturated heterocycles. The molecule has 0 spiro atoms. The molecule has 4 nitrogen and oxygen atoms in total. The molecule has 0 aliphatic carbocycles. The predicted octanol–water partition coefficient (Wildman–Crippen LogP) is 3.72. The second-order valence-electron chi connectivity index (χ2n) is 4.18. The molecule has 21 heavy (non-hydrogen) atoms. The van der Waals surface area contributed by atoms with E-state index >= 15 is 0 Å². The van der Waals surface area contributed by atoms with E-state index in [2.05, 4.69) is 0 Å². The van der Waals surface area contributed by atoms with Crippen LogP contribution in [0.1, 0.15) is 6.42 Å². The Balaban J connectivity index is 1.81. The second-order valence-corrected chi connectivity index (χ2v) is 4.61. The average Bonchev–Trinajstić information content (AvgIpc) is 2.50. The summed E-state index contributed by atoms with van der Waals surface area (Å²) in [5.41, 5.74) is 0. The highest BCUT2D eigenvalue weighted by Crippen LogP contribution is 2.26. The van der Waals surface area contributed by atoms with E-state index in [0.717, 1.165) is 0 Å². The van der Waals surface area contributed by atoms with E-state index in [-0.39, 0.29) is 19.0 Å². The molecule has 110 valence electrons. The molecule has 2 aromatic carbocycles. The summed E-state index contributed by atoms with van der Waals surface area (Å²) in [6, 6.07) is 13.9. The van der Waals surface area contributed by atoms with Crippen LogP contribution in [0.25, 0.3) is 0 Å². The molecular weight excluding hydrogens is 292 g/mol. The quantitative estimate of drug-likeness (QED) is 0.602. The van der Waals surface area contributed by atoms with E-state index in [1.807, 2.05) is 0 Å². The van der Waals surface area contributed by atoms with Crippen molar-refractivity contribution in [3.63, 3.8) is 0 Å². The average molecular weight is 307 g/mol. The third-order valence-electron chi connectivity index (χ3n) is 2.68. The van der Waals surface area contributed by atoms with Gasteiger partial charge in [-0.15, -0.1) is 0 Å². The van der Waals surface area contributed by atoms with E-state index in [4.69, 9.17) is 25.8 Å². The third-order valence-corrected chi connectivity index (χ3v) is 2.93. The number of methoxy groups -OCH3 is 1. The Morgan fingerprint density at radius 1 is 1.05 bits per heavy atom. The SMILES string of the molecule is COc1ccccc1OC(=O)CCOc1ccc(Cl)cc1. The van der Waals surface area contributed by atoms with Gasteiger partial charge in [0, 0.05) is 5.02 Å². The van der Waals surface area contributed by atoms with Crippen LogP contribution in [-0.2, 0) is 4.79 Å². The summed E-state index contributed by atoms with van der Waals surface area (Å²) in [4.78, 5) is 11.7. The number of carbonyl (C=O) groups excluding carboxylic acids is 1. The first-order valence-electron chi connectivity index (χ1n) is 6.41. The van der Waals surface area contributed by atoms with Gasteiger partial charge in [0.15, 0.2) is 11.5 Å². The Hall–Kier alpha value is -2.20. The molecule has 0 bridgehead atoms. The van der Waals surface area contributed by atoms with Crippen molar-refractivity contribution in [3.05, 3.63) is 53.6 Å². The zero-order valence-corrected chi connectivity index (χ0v) is 12.3. The number of hydrogen-bond acceptors (Lipinski definition) is 4. The largest absolute Gasteiger partial charge is 0.493 e. The van der Waals surface area contributed by atoms with Gasteiger partial charge < -0.3 is 14.2 Å². The number of hydrogen-bond donors (Lipinski definition) is 0. The molecule has 0 aliphatic rings. The lowest BCUT2D eigenvalue weighted by molar-refractivity contribution is -0.135. The van der Waals surface area contributed by atoms with Crippen LogP contribution >= 0.6 is 11.6 Å². The van der Waals surface area contributed by atoms with Crippen LogP contribution in [0.4, 0.5) is 0 Å². The molecule has 2 rings (SSSR count). The number of para-hydroxylation sites is 2. The number of benzene rings is 2. The van der Waals surface area contributed by atoms with Gasteiger partial charge in [0.25, 0.3) is 0 Å². The van der Waals surface area contributed by atoms with Crippen LogP contribution in [0.15, 0.2) is 48.5 Å². The van der Waals surface area contributed by atoms with Gasteiger partial charge in [0.2, 0.25) is 0 Å². The van der Waals surface area contributed by atoms with Crippen LogP contribution < -0.4 is 14.2 Å². The molecule has 2 aromatic rings. The summed E-state index contributed by atoms with van der Waals surface area (Å²) < 4.78 is 15.8. The number of carbonyl (C=O) groups is 1. The summed E-state index contributed by atoms with van der Waals surface area (Å²) in [6.07, 6.45) is 0.140. The van der Waals surface area contributed by atoms with Gasteiger partial charge >= 0.3 is 5.97 Å². The number of ether oxygens (including phenoxy) is 3. The van der Waals surface area contributed by atoms with Crippen LogP contribution in [0.3, 0.4) is 0 Å². The highest BCUT2D eigenvalue weighted by molar-refractivity contribution is 6.30. The summed E-state index contributed by atoms with van der Waals surface area (Å²) in [6.45, 7) is 0.232. The topological polar surface area (TPSA) is 44.8 Å². The molecular formula is C16H15ClO4. The van der Waals surface area contributed by atoms with E-state index in [9.17, 15) is 4.79 Å². The van der Waals surface area contributed by atoms with Crippen molar-refractivity contribution in [2.75, 3.05) is 13.7 Å². The van der Waals surface area contributed by atoms with Crippen LogP contribution in [0.2, 0.25) is 5.02 Å². The molecule has 0 atom stereocenters. The van der Waals surface area contributed by atoms with Gasteiger partial charge in [-0.2, -0.15) is 0 Å². The van der Waals surface area contributed by atoms with Crippen molar-refractivity contribution in [3.8, 4) is 17.2 Å². The molecule has 0 saturated carbocycles. The van der Waals surface area contributed by atoms with Crippen LogP contribution in [0, 0.1) is 0 Å². The second kappa shape index (κ2) is 7.55. The van der Waals surface area contributed by atoms with Crippen molar-refractivity contribution in [1.82, 2.24) is 0 Å². The monoisotopic (exact) mass is 306 g/mol. The Kier molecular flexibility index (Phi) is 5.46. The number of esters is 1. The lowest BCUT2D eigenvalue weighted by Crippen LogP contribution is -2.13. The van der Waals surface area contributed by atoms with Gasteiger partial charge in [-0.1, -0.05) is 23.7 Å². The van der Waals surface area contributed by atoms with Gasteiger partial charge in [0.05, 0.1) is 20.1 Å². The zero-order valence-electron chi connectivity index (χ0n) is 11.5. The molecule has 0 heterocycles. The van der Waals surface area contributed by atoms with E-state index in [1.54, 1.807) is 48.5 Å². The number of halogens is 1. The molecule has 0 amide bonds. The molecule has 0 fully saturated rings. The fourth-order valence-corrected chi connectivity index (χ4v) is 1.79. The fraction of sp³-hybridized carbons (Fsp3) is 0.188. The molecule has 0 aromatic heterocycles. The van der Waals surface area contributed by atoms with Crippen molar-refractivity contribution in [2.24, 2.45) is 0 Å². The van der Waals surface area contributed by atoms with Crippen LogP contribution in [0.5, 0.6) is 17.2 Å². The molecule has 5 heteroatoms. The van der Waals surface area contributed by atoms with Crippen LogP contribution in [-0.4, -0.2) is 19.7 Å². The van der Waals surface area contributed by atoms with Crippen molar-refractivity contribution in [1.29, 1.82) is 0 Å². The van der Waals surface area contributed by atoms with Gasteiger partial charge in [0.1, 0.15) is 5.75 Å². The standard InChI is InChI=1S/C16H15ClO4/c1-19-14-4-2-3-5-15(14)21-16(18)10-11-20-13-8-6-12(17)7-9-13/h2-9H,10-11H2,1H3. The number of rotatable bonds is 6. The lowest BCUT2D eigenvalue weighted by Gasteiger charge is -2.09. The van der Waals surface area contributed by atoms with Crippen molar-refractivity contribution >= 4 is 17.6 Å². The van der Waals surface area contributed by atoms with Gasteiger partial charge in [-0.3, -0.25) is 4.79 Å². The third kappa shape index (κ3) is 4.68. The summed E-state index contributed by atoms with van der Waals surface area (Å²) in [5.74, 6) is 1.19. The van der Waals surface area contributed by atoms with Gasteiger partial charge in [-0.25, -0.2) is 0 Å². The summed E-state index contributed by atoms with van der Waals surface area (Å²) in [7, 11) is 1.52. The highest BCUT2D eigenvalue weighted by Gasteiger charge is 2.09. The smallest absolute Gasteiger partial charge is 0.314 e. The van der Waals surface area contributed by atoms with E-state index in [1.165, 1.54) is 7.11 Å². The lowest BCUT2D eigenvalue weighted by atomic mass is 10.3. The molecule has 0 unspecified atom stereocenters. The fourth-order valence-electron chi connectivity index (χ4n) is 1.66. The maximum atomic E-state index is 11.7. The van der Waals surface area contributed by atoms with E-state index < -0.39 is 0 Å². The Morgan fingerprint density at radius 3 is 2.38 bits per heavy atom. The normalized spacial score (nSPS) is 10.0. The minimum Gasteiger partial charge on any atom is -0.493 e.